The van der Waals surface area contributed by atoms with Gasteiger partial charge in [0, 0.05) is 13.1 Å². The van der Waals surface area contributed by atoms with Crippen LogP contribution in [-0.2, 0) is 24.4 Å². The molecule has 0 spiro atoms. The van der Waals surface area contributed by atoms with Gasteiger partial charge in [-0.3, -0.25) is 9.59 Å². The molecule has 4 N–H and O–H groups in total. The van der Waals surface area contributed by atoms with Crippen LogP contribution in [0.25, 0.3) is 0 Å². The summed E-state index contributed by atoms with van der Waals surface area (Å²) in [5, 5.41) is 12.9. The molecule has 3 aromatic rings. The lowest BCUT2D eigenvalue weighted by atomic mass is 10.1. The van der Waals surface area contributed by atoms with E-state index in [1.165, 1.54) is 12.1 Å². The van der Waals surface area contributed by atoms with Crippen LogP contribution in [0.15, 0.2) is 48.5 Å². The smallest absolute Gasteiger partial charge is 0.275 e. The fourth-order valence-electron chi connectivity index (χ4n) is 2.57. The second-order valence-electron chi connectivity index (χ2n) is 6.55. The summed E-state index contributed by atoms with van der Waals surface area (Å²) in [6.45, 7) is 2.39. The summed E-state index contributed by atoms with van der Waals surface area (Å²) in [5.74, 6) is -1.20. The van der Waals surface area contributed by atoms with Crippen LogP contribution in [0.2, 0.25) is 0 Å². The summed E-state index contributed by atoms with van der Waals surface area (Å²) in [7, 11) is 0. The van der Waals surface area contributed by atoms with E-state index in [1.54, 1.807) is 12.1 Å². The van der Waals surface area contributed by atoms with Gasteiger partial charge < -0.3 is 16.4 Å². The van der Waals surface area contributed by atoms with Gasteiger partial charge in [-0.1, -0.05) is 47.2 Å². The number of aryl methyl sites for hydroxylation is 1. The van der Waals surface area contributed by atoms with Crippen molar-refractivity contribution in [2.45, 2.75) is 26.6 Å². The second kappa shape index (κ2) is 8.96. The molecule has 0 saturated carbocycles. The molecule has 0 radical (unpaired) electrons. The third-order valence-electron chi connectivity index (χ3n) is 4.26. The highest BCUT2D eigenvalue weighted by Crippen LogP contribution is 2.09. The molecule has 0 atom stereocenters. The molecule has 0 fully saturated rings. The van der Waals surface area contributed by atoms with Crippen molar-refractivity contribution < 1.29 is 14.0 Å². The molecule has 0 bridgehead atoms. The Hall–Kier alpha value is -3.75. The average Bonchev–Trinajstić information content (AvgIpc) is 3.07. The largest absolute Gasteiger partial charge is 0.382 e. The van der Waals surface area contributed by atoms with E-state index in [-0.39, 0.29) is 36.3 Å². The highest BCUT2D eigenvalue weighted by Gasteiger charge is 2.18. The summed E-state index contributed by atoms with van der Waals surface area (Å²) in [6, 6.07) is 13.5. The van der Waals surface area contributed by atoms with Crippen LogP contribution in [-0.4, -0.2) is 26.8 Å². The third kappa shape index (κ3) is 5.38. The van der Waals surface area contributed by atoms with Gasteiger partial charge in [-0.2, -0.15) is 0 Å². The van der Waals surface area contributed by atoms with E-state index in [1.807, 2.05) is 31.2 Å². The molecular weight excluding hydrogens is 375 g/mol. The maximum Gasteiger partial charge on any atom is 0.275 e. The summed E-state index contributed by atoms with van der Waals surface area (Å²) in [6.07, 6.45) is 0. The van der Waals surface area contributed by atoms with Gasteiger partial charge in [0.2, 0.25) is 5.91 Å². The van der Waals surface area contributed by atoms with E-state index in [0.29, 0.717) is 6.54 Å². The topological polar surface area (TPSA) is 115 Å². The van der Waals surface area contributed by atoms with Crippen molar-refractivity contribution >= 4 is 17.6 Å². The average molecular weight is 396 g/mol. The van der Waals surface area contributed by atoms with Crippen LogP contribution in [0.1, 0.15) is 27.2 Å². The number of aromatic nitrogens is 3. The minimum absolute atomic E-state index is 0.00732. The van der Waals surface area contributed by atoms with E-state index in [4.69, 9.17) is 5.73 Å². The van der Waals surface area contributed by atoms with Gasteiger partial charge >= 0.3 is 0 Å². The molecule has 29 heavy (non-hydrogen) atoms. The molecule has 0 unspecified atom stereocenters. The first kappa shape index (κ1) is 20.0. The maximum absolute atomic E-state index is 12.9. The van der Waals surface area contributed by atoms with Gasteiger partial charge in [-0.15, -0.1) is 5.10 Å². The number of nitrogens with one attached hydrogen (secondary N) is 2. The lowest BCUT2D eigenvalue weighted by Gasteiger charge is -2.07. The van der Waals surface area contributed by atoms with Crippen LogP contribution in [0, 0.1) is 12.7 Å². The molecule has 0 aliphatic carbocycles. The molecule has 2 aromatic carbocycles. The number of carbonyl (C=O) groups excluding carboxylic acids is 2. The summed E-state index contributed by atoms with van der Waals surface area (Å²) < 4.78 is 14.1. The summed E-state index contributed by atoms with van der Waals surface area (Å²) in [4.78, 5) is 24.4. The van der Waals surface area contributed by atoms with Crippen molar-refractivity contribution in [2.75, 3.05) is 5.73 Å². The SMILES string of the molecule is Cc1ccc(CNC(=O)Cn2nnc(C(=O)NCc3ccc(F)cc3)c2N)cc1. The monoisotopic (exact) mass is 396 g/mol. The first-order valence-electron chi connectivity index (χ1n) is 8.96. The van der Waals surface area contributed by atoms with Crippen molar-refractivity contribution in [3.05, 3.63) is 76.7 Å². The standard InChI is InChI=1S/C20H21FN6O2/c1-13-2-4-14(5-3-13)10-23-17(28)12-27-19(22)18(25-26-27)20(29)24-11-15-6-8-16(21)9-7-15/h2-9H,10-12,22H2,1H3,(H,23,28)(H,24,29). The quantitative estimate of drug-likeness (QED) is 0.561. The Morgan fingerprint density at radius 2 is 1.59 bits per heavy atom. The third-order valence-corrected chi connectivity index (χ3v) is 4.26. The zero-order valence-corrected chi connectivity index (χ0v) is 15.9. The molecule has 150 valence electrons. The number of amides is 2. The number of nitrogens with two attached hydrogens (primary N) is 1. The number of carbonyl (C=O) groups is 2. The highest BCUT2D eigenvalue weighted by atomic mass is 19.1. The highest BCUT2D eigenvalue weighted by molar-refractivity contribution is 5.96. The number of anilines is 1. The second-order valence-corrected chi connectivity index (χ2v) is 6.55. The molecule has 9 heteroatoms. The van der Waals surface area contributed by atoms with Crippen molar-refractivity contribution in [2.24, 2.45) is 0 Å². The molecule has 0 aliphatic heterocycles. The van der Waals surface area contributed by atoms with Gasteiger partial charge in [0.1, 0.15) is 12.4 Å². The number of nitrogen functional groups attached to an aromatic ring is 1. The molecule has 3 rings (SSSR count). The molecule has 0 aliphatic rings. The first-order valence-corrected chi connectivity index (χ1v) is 8.96. The van der Waals surface area contributed by atoms with Crippen molar-refractivity contribution in [3.8, 4) is 0 Å². The minimum atomic E-state index is -0.530. The van der Waals surface area contributed by atoms with Crippen LogP contribution in [0.3, 0.4) is 0 Å². The molecule has 2 amide bonds. The normalized spacial score (nSPS) is 10.6. The van der Waals surface area contributed by atoms with Gasteiger partial charge in [0.05, 0.1) is 0 Å². The van der Waals surface area contributed by atoms with Crippen molar-refractivity contribution in [1.29, 1.82) is 0 Å². The van der Waals surface area contributed by atoms with E-state index in [9.17, 15) is 14.0 Å². The maximum atomic E-state index is 12.9. The number of hydrogen-bond donors (Lipinski definition) is 3. The van der Waals surface area contributed by atoms with Crippen molar-refractivity contribution in [1.82, 2.24) is 25.6 Å². The van der Waals surface area contributed by atoms with Crippen LogP contribution in [0.5, 0.6) is 0 Å². The summed E-state index contributed by atoms with van der Waals surface area (Å²) >= 11 is 0. The van der Waals surface area contributed by atoms with Gasteiger partial charge in [-0.25, -0.2) is 9.07 Å². The van der Waals surface area contributed by atoms with Crippen molar-refractivity contribution in [3.63, 3.8) is 0 Å². The molecule has 1 aromatic heterocycles. The fraction of sp³-hybridized carbons (Fsp3) is 0.200. The van der Waals surface area contributed by atoms with Gasteiger partial charge in [0.25, 0.3) is 5.91 Å². The van der Waals surface area contributed by atoms with E-state index in [2.05, 4.69) is 20.9 Å². The molecular formula is C20H21FN6O2. The Morgan fingerprint density at radius 3 is 2.24 bits per heavy atom. The van der Waals surface area contributed by atoms with E-state index < -0.39 is 5.91 Å². The lowest BCUT2D eigenvalue weighted by Crippen LogP contribution is -2.28. The van der Waals surface area contributed by atoms with Gasteiger partial charge in [-0.05, 0) is 30.2 Å². The Bertz CT molecular complexity index is 999. The molecule has 8 nitrogen and oxygen atoms in total. The van der Waals surface area contributed by atoms with Crippen LogP contribution >= 0.6 is 0 Å². The Kier molecular flexibility index (Phi) is 6.18. The molecule has 1 heterocycles. The Balaban J connectivity index is 1.53. The Morgan fingerprint density at radius 1 is 1.00 bits per heavy atom. The number of hydrogen-bond acceptors (Lipinski definition) is 5. The zero-order chi connectivity index (χ0) is 20.8. The summed E-state index contributed by atoms with van der Waals surface area (Å²) in [5.41, 5.74) is 8.67. The zero-order valence-electron chi connectivity index (χ0n) is 15.9. The fourth-order valence-corrected chi connectivity index (χ4v) is 2.57. The van der Waals surface area contributed by atoms with Crippen LogP contribution < -0.4 is 16.4 Å². The molecule has 0 saturated heterocycles. The lowest BCUT2D eigenvalue weighted by molar-refractivity contribution is -0.122. The van der Waals surface area contributed by atoms with E-state index >= 15 is 0 Å². The van der Waals surface area contributed by atoms with E-state index in [0.717, 1.165) is 21.4 Å². The number of benzene rings is 2. The Labute approximate surface area is 166 Å². The first-order chi connectivity index (χ1) is 13.9. The minimum Gasteiger partial charge on any atom is -0.382 e. The van der Waals surface area contributed by atoms with Crippen LogP contribution in [0.4, 0.5) is 10.2 Å². The number of halogens is 1. The number of rotatable bonds is 7. The predicted molar refractivity (Wildman–Crippen MR) is 105 cm³/mol. The van der Waals surface area contributed by atoms with Gasteiger partial charge in [0.15, 0.2) is 11.5 Å². The predicted octanol–water partition coefficient (Wildman–Crippen LogP) is 1.55. The number of nitrogens with zero attached hydrogens (tertiary/aromatic N) is 3.